The third-order valence-corrected chi connectivity index (χ3v) is 4.41. The van der Waals surface area contributed by atoms with Crippen LogP contribution in [0, 0.1) is 0 Å². The first-order valence-corrected chi connectivity index (χ1v) is 9.05. The summed E-state index contributed by atoms with van der Waals surface area (Å²) in [6, 6.07) is -5.57. The predicted molar refractivity (Wildman–Crippen MR) is 98.9 cm³/mol. The fraction of sp³-hybridized carbons (Fsp3) is 0.625. The lowest BCUT2D eigenvalue weighted by atomic mass is 10.1. The Labute approximate surface area is 171 Å². The number of nitrogens with one attached hydrogen (secondary N) is 2. The van der Waals surface area contributed by atoms with Crippen LogP contribution in [0.15, 0.2) is 0 Å². The van der Waals surface area contributed by atoms with E-state index in [1.807, 2.05) is 0 Å². The largest absolute Gasteiger partial charge is 0.480 e. The highest BCUT2D eigenvalue weighted by Gasteiger charge is 2.39. The number of primary amides is 2. The maximum absolute atomic E-state index is 12.8. The molecule has 14 nitrogen and oxygen atoms in total. The Bertz CT molecular complexity index is 714. The summed E-state index contributed by atoms with van der Waals surface area (Å²) in [7, 11) is 0. The van der Waals surface area contributed by atoms with Crippen LogP contribution in [-0.2, 0) is 28.8 Å². The molecule has 0 bridgehead atoms. The lowest BCUT2D eigenvalue weighted by molar-refractivity contribution is -0.149. The Balaban J connectivity index is 3.01. The lowest BCUT2D eigenvalue weighted by Gasteiger charge is -2.28. The van der Waals surface area contributed by atoms with Crippen LogP contribution in [0.3, 0.4) is 0 Å². The van der Waals surface area contributed by atoms with Crippen LogP contribution in [0.4, 0.5) is 0 Å². The van der Waals surface area contributed by atoms with Crippen molar-refractivity contribution in [1.29, 1.82) is 0 Å². The monoisotopic (exact) mass is 430 g/mol. The van der Waals surface area contributed by atoms with E-state index in [4.69, 9.17) is 22.3 Å². The Morgan fingerprint density at radius 2 is 1.50 bits per heavy atom. The van der Waals surface area contributed by atoms with Crippen LogP contribution in [0.2, 0.25) is 0 Å². The molecule has 0 aromatic carbocycles. The zero-order valence-electron chi connectivity index (χ0n) is 16.1. The maximum atomic E-state index is 12.8. The highest BCUT2D eigenvalue weighted by atomic mass is 16.4. The molecule has 30 heavy (non-hydrogen) atoms. The van der Waals surface area contributed by atoms with Gasteiger partial charge in [-0.05, 0) is 12.8 Å². The van der Waals surface area contributed by atoms with Gasteiger partial charge in [0.2, 0.25) is 29.5 Å². The summed E-state index contributed by atoms with van der Waals surface area (Å²) in [6.45, 7) is -0.626. The number of carbonyl (C=O) groups excluding carboxylic acids is 5. The van der Waals surface area contributed by atoms with Crippen molar-refractivity contribution in [3.63, 3.8) is 0 Å². The van der Waals surface area contributed by atoms with Gasteiger partial charge < -0.3 is 42.9 Å². The molecule has 1 heterocycles. The number of carboxylic acid groups (broad SMARTS) is 1. The minimum absolute atomic E-state index is 0.105. The summed E-state index contributed by atoms with van der Waals surface area (Å²) in [6.07, 6.45) is -0.674. The Morgan fingerprint density at radius 3 is 2.00 bits per heavy atom. The van der Waals surface area contributed by atoms with Gasteiger partial charge in [0.1, 0.15) is 24.2 Å². The van der Waals surface area contributed by atoms with Crippen molar-refractivity contribution in [2.45, 2.75) is 49.9 Å². The zero-order chi connectivity index (χ0) is 23.0. The molecule has 5 amide bonds. The van der Waals surface area contributed by atoms with E-state index < -0.39 is 79.1 Å². The van der Waals surface area contributed by atoms with Crippen molar-refractivity contribution in [2.75, 3.05) is 13.2 Å². The van der Waals surface area contributed by atoms with Gasteiger partial charge in [0.05, 0.1) is 19.4 Å². The number of hydrogen-bond donors (Lipinski definition) is 7. The minimum atomic E-state index is -1.55. The van der Waals surface area contributed by atoms with Crippen LogP contribution in [0.5, 0.6) is 0 Å². The van der Waals surface area contributed by atoms with Gasteiger partial charge in [-0.25, -0.2) is 4.79 Å². The molecule has 4 unspecified atom stereocenters. The van der Waals surface area contributed by atoms with Gasteiger partial charge in [0.15, 0.2) is 0 Å². The van der Waals surface area contributed by atoms with E-state index in [9.17, 15) is 33.9 Å². The van der Waals surface area contributed by atoms with Gasteiger partial charge in [0, 0.05) is 6.54 Å². The van der Waals surface area contributed by atoms with Crippen molar-refractivity contribution >= 4 is 35.5 Å². The number of aliphatic carboxylic acids is 1. The molecule has 0 aliphatic carbocycles. The van der Waals surface area contributed by atoms with E-state index in [1.54, 1.807) is 0 Å². The molecule has 10 N–H and O–H groups in total. The summed E-state index contributed by atoms with van der Waals surface area (Å²) < 4.78 is 0. The number of rotatable bonds is 11. The number of carboxylic acids is 1. The van der Waals surface area contributed by atoms with Crippen LogP contribution in [-0.4, -0.2) is 87.9 Å². The molecule has 0 radical (unpaired) electrons. The molecule has 1 fully saturated rings. The number of aliphatic hydroxyl groups is 1. The van der Waals surface area contributed by atoms with Crippen LogP contribution < -0.4 is 27.8 Å². The molecule has 1 saturated heterocycles. The maximum Gasteiger partial charge on any atom is 0.326 e. The number of aliphatic hydroxyl groups excluding tert-OH is 1. The number of amides is 5. The second kappa shape index (κ2) is 11.1. The average Bonchev–Trinajstić information content (AvgIpc) is 3.14. The molecule has 0 aromatic heterocycles. The van der Waals surface area contributed by atoms with Crippen molar-refractivity contribution in [1.82, 2.24) is 15.5 Å². The number of nitrogens with zero attached hydrogens (tertiary/aromatic N) is 1. The fourth-order valence-electron chi connectivity index (χ4n) is 2.93. The molecule has 0 spiro atoms. The zero-order valence-corrected chi connectivity index (χ0v) is 16.1. The highest BCUT2D eigenvalue weighted by molar-refractivity contribution is 5.97. The summed E-state index contributed by atoms with van der Waals surface area (Å²) in [5.74, 6) is -5.99. The van der Waals surface area contributed by atoms with Crippen molar-refractivity contribution in [3.05, 3.63) is 0 Å². The van der Waals surface area contributed by atoms with Crippen LogP contribution >= 0.6 is 0 Å². The van der Waals surface area contributed by atoms with E-state index in [-0.39, 0.29) is 13.0 Å². The van der Waals surface area contributed by atoms with Crippen molar-refractivity contribution in [2.24, 2.45) is 17.2 Å². The fourth-order valence-corrected chi connectivity index (χ4v) is 2.93. The van der Waals surface area contributed by atoms with Gasteiger partial charge in [-0.3, -0.25) is 24.0 Å². The molecule has 168 valence electrons. The van der Waals surface area contributed by atoms with Gasteiger partial charge in [-0.1, -0.05) is 0 Å². The molecule has 14 heteroatoms. The summed E-state index contributed by atoms with van der Waals surface area (Å²) >= 11 is 0. The van der Waals surface area contributed by atoms with Gasteiger partial charge in [-0.15, -0.1) is 0 Å². The smallest absolute Gasteiger partial charge is 0.326 e. The van der Waals surface area contributed by atoms with Crippen molar-refractivity contribution in [3.8, 4) is 0 Å². The second-order valence-corrected chi connectivity index (χ2v) is 6.78. The topological polar surface area (TPSA) is 248 Å². The van der Waals surface area contributed by atoms with Gasteiger partial charge >= 0.3 is 5.97 Å². The summed E-state index contributed by atoms with van der Waals surface area (Å²) in [4.78, 5) is 72.2. The van der Waals surface area contributed by atoms with E-state index >= 15 is 0 Å². The second-order valence-electron chi connectivity index (χ2n) is 6.78. The molecule has 1 aliphatic rings. The first-order valence-electron chi connectivity index (χ1n) is 9.05. The third kappa shape index (κ3) is 6.97. The Morgan fingerprint density at radius 1 is 0.967 bits per heavy atom. The first kappa shape index (κ1) is 24.8. The SMILES string of the molecule is NC(=O)CC(NC(=O)C(N)CO)C(=O)NC(CC(N)=O)C(=O)N1CCCC1C(=O)O. The molecular weight excluding hydrogens is 404 g/mol. The van der Waals surface area contributed by atoms with Crippen LogP contribution in [0.25, 0.3) is 0 Å². The normalized spacial score (nSPS) is 18.7. The predicted octanol–water partition coefficient (Wildman–Crippen LogP) is -4.90. The highest BCUT2D eigenvalue weighted by Crippen LogP contribution is 2.19. The quantitative estimate of drug-likeness (QED) is 0.166. The van der Waals surface area contributed by atoms with Crippen LogP contribution in [0.1, 0.15) is 25.7 Å². The molecule has 0 aromatic rings. The third-order valence-electron chi connectivity index (χ3n) is 4.41. The Hall–Kier alpha value is -3.26. The van der Waals surface area contributed by atoms with Crippen molar-refractivity contribution < 1.29 is 39.0 Å². The summed E-state index contributed by atoms with van der Waals surface area (Å²) in [5.41, 5.74) is 15.6. The van der Waals surface area contributed by atoms with Gasteiger partial charge in [0.25, 0.3) is 0 Å². The molecule has 4 atom stereocenters. The first-order chi connectivity index (χ1) is 14.0. The van der Waals surface area contributed by atoms with Gasteiger partial charge in [-0.2, -0.15) is 0 Å². The van der Waals surface area contributed by atoms with E-state index in [1.165, 1.54) is 0 Å². The number of carbonyl (C=O) groups is 6. The lowest BCUT2D eigenvalue weighted by Crippen LogP contribution is -2.58. The number of nitrogens with two attached hydrogens (primary N) is 3. The van der Waals surface area contributed by atoms with E-state index in [2.05, 4.69) is 10.6 Å². The number of likely N-dealkylation sites (tertiary alicyclic amines) is 1. The van der Waals surface area contributed by atoms with E-state index in [0.29, 0.717) is 6.42 Å². The standard InChI is InChI=1S/C16H26N6O8/c17-7(6-23)13(26)20-8(4-11(18)24)14(27)21-9(5-12(19)25)15(28)22-3-1-2-10(22)16(29)30/h7-10,23H,1-6,17H2,(H2,18,24)(H2,19,25)(H,20,26)(H,21,27)(H,29,30). The summed E-state index contributed by atoms with van der Waals surface area (Å²) in [5, 5.41) is 22.5. The minimum Gasteiger partial charge on any atom is -0.480 e. The average molecular weight is 430 g/mol. The molecule has 1 rings (SSSR count). The molecule has 0 saturated carbocycles. The molecular formula is C16H26N6O8. The van der Waals surface area contributed by atoms with E-state index in [0.717, 1.165) is 4.90 Å². The number of hydrogen-bond acceptors (Lipinski definition) is 8. The molecule has 1 aliphatic heterocycles. The Kier molecular flexibility index (Phi) is 9.14.